The minimum atomic E-state index is -1.03. The van der Waals surface area contributed by atoms with E-state index >= 15 is 0 Å². The van der Waals surface area contributed by atoms with Gasteiger partial charge < -0.3 is 10.1 Å². The van der Waals surface area contributed by atoms with E-state index in [2.05, 4.69) is 10.3 Å². The van der Waals surface area contributed by atoms with Crippen LogP contribution >= 0.6 is 0 Å². The lowest BCUT2D eigenvalue weighted by molar-refractivity contribution is 0.102. The largest absolute Gasteiger partial charge is 0.488 e. The molecule has 0 radical (unpaired) electrons. The van der Waals surface area contributed by atoms with Crippen LogP contribution in [0.15, 0.2) is 67.0 Å². The molecule has 6 heteroatoms. The summed E-state index contributed by atoms with van der Waals surface area (Å²) >= 11 is 0. The number of benzene rings is 2. The number of rotatable bonds is 5. The van der Waals surface area contributed by atoms with Crippen molar-refractivity contribution in [2.45, 2.75) is 6.61 Å². The van der Waals surface area contributed by atoms with Gasteiger partial charge in [0.05, 0.1) is 5.56 Å². The zero-order valence-electron chi connectivity index (χ0n) is 13.1. The molecule has 1 heterocycles. The number of aromatic nitrogens is 1. The third kappa shape index (κ3) is 4.17. The normalized spacial score (nSPS) is 10.3. The molecule has 0 aliphatic carbocycles. The van der Waals surface area contributed by atoms with Crippen molar-refractivity contribution in [1.82, 2.24) is 4.98 Å². The van der Waals surface area contributed by atoms with Gasteiger partial charge in [0.25, 0.3) is 5.91 Å². The molecule has 0 saturated heterocycles. The number of amides is 1. The molecule has 0 saturated carbocycles. The van der Waals surface area contributed by atoms with Crippen LogP contribution in [0.25, 0.3) is 0 Å². The Morgan fingerprint density at radius 2 is 1.76 bits per heavy atom. The van der Waals surface area contributed by atoms with Crippen molar-refractivity contribution >= 4 is 11.6 Å². The summed E-state index contributed by atoms with van der Waals surface area (Å²) in [4.78, 5) is 16.4. The van der Waals surface area contributed by atoms with E-state index in [1.54, 1.807) is 36.7 Å². The van der Waals surface area contributed by atoms with Crippen molar-refractivity contribution in [1.29, 1.82) is 0 Å². The molecule has 1 N–H and O–H groups in total. The van der Waals surface area contributed by atoms with Gasteiger partial charge in [0, 0.05) is 24.1 Å². The van der Waals surface area contributed by atoms with E-state index in [9.17, 15) is 13.6 Å². The average molecular weight is 340 g/mol. The molecule has 3 rings (SSSR count). The number of pyridine rings is 1. The maximum atomic E-state index is 13.3. The first-order valence-corrected chi connectivity index (χ1v) is 7.50. The highest BCUT2D eigenvalue weighted by Gasteiger charge is 2.13. The number of nitrogens with one attached hydrogen (secondary N) is 1. The summed E-state index contributed by atoms with van der Waals surface area (Å²) in [6.07, 6.45) is 3.31. The van der Waals surface area contributed by atoms with E-state index in [4.69, 9.17) is 4.74 Å². The molecule has 0 aliphatic heterocycles. The van der Waals surface area contributed by atoms with Crippen molar-refractivity contribution < 1.29 is 18.3 Å². The van der Waals surface area contributed by atoms with Crippen LogP contribution in [-0.2, 0) is 6.61 Å². The lowest BCUT2D eigenvalue weighted by Crippen LogP contribution is -2.14. The molecule has 0 bridgehead atoms. The number of ether oxygens (including phenoxy) is 1. The number of anilines is 1. The summed E-state index contributed by atoms with van der Waals surface area (Å²) in [5.74, 6) is -2.09. The third-order valence-corrected chi connectivity index (χ3v) is 3.45. The van der Waals surface area contributed by atoms with E-state index in [-0.39, 0.29) is 12.3 Å². The monoisotopic (exact) mass is 340 g/mol. The van der Waals surface area contributed by atoms with Gasteiger partial charge in [-0.15, -0.1) is 0 Å². The van der Waals surface area contributed by atoms with Gasteiger partial charge in [-0.3, -0.25) is 9.78 Å². The van der Waals surface area contributed by atoms with Crippen LogP contribution in [0.5, 0.6) is 5.75 Å². The Balaban J connectivity index is 1.75. The summed E-state index contributed by atoms with van der Waals surface area (Å²) in [7, 11) is 0. The van der Waals surface area contributed by atoms with Crippen LogP contribution < -0.4 is 10.1 Å². The second-order valence-electron chi connectivity index (χ2n) is 5.22. The Morgan fingerprint density at radius 3 is 2.52 bits per heavy atom. The molecule has 25 heavy (non-hydrogen) atoms. The van der Waals surface area contributed by atoms with E-state index in [1.165, 1.54) is 6.07 Å². The summed E-state index contributed by atoms with van der Waals surface area (Å²) < 4.78 is 31.9. The fraction of sp³-hybridized carbons (Fsp3) is 0.0526. The van der Waals surface area contributed by atoms with E-state index in [0.717, 1.165) is 17.7 Å². The van der Waals surface area contributed by atoms with Gasteiger partial charge in [-0.05, 0) is 42.0 Å². The van der Waals surface area contributed by atoms with Gasteiger partial charge in [0.1, 0.15) is 12.4 Å². The second-order valence-corrected chi connectivity index (χ2v) is 5.22. The highest BCUT2D eigenvalue weighted by Crippen LogP contribution is 2.21. The number of hydrogen-bond donors (Lipinski definition) is 1. The maximum absolute atomic E-state index is 13.3. The van der Waals surface area contributed by atoms with Gasteiger partial charge in [-0.2, -0.15) is 0 Å². The first-order valence-electron chi connectivity index (χ1n) is 7.50. The quantitative estimate of drug-likeness (QED) is 0.758. The first-order chi connectivity index (χ1) is 12.1. The first kappa shape index (κ1) is 16.6. The molecule has 0 fully saturated rings. The highest BCUT2D eigenvalue weighted by molar-refractivity contribution is 6.06. The average Bonchev–Trinajstić information content (AvgIpc) is 2.64. The molecule has 2 aromatic carbocycles. The minimum absolute atomic E-state index is 0.160. The summed E-state index contributed by atoms with van der Waals surface area (Å²) in [5, 5.41) is 2.53. The Bertz CT molecular complexity index is 886. The Kier molecular flexibility index (Phi) is 4.99. The molecule has 0 unspecified atom stereocenters. The van der Waals surface area contributed by atoms with Crippen molar-refractivity contribution in [3.05, 3.63) is 89.8 Å². The lowest BCUT2D eigenvalue weighted by Gasteiger charge is -2.12. The summed E-state index contributed by atoms with van der Waals surface area (Å²) in [6, 6.07) is 13.5. The molecule has 0 atom stereocenters. The van der Waals surface area contributed by atoms with E-state index in [0.29, 0.717) is 11.3 Å². The van der Waals surface area contributed by atoms with Gasteiger partial charge >= 0.3 is 0 Å². The number of para-hydroxylation sites is 1. The van der Waals surface area contributed by atoms with Gasteiger partial charge in [-0.25, -0.2) is 8.78 Å². The Hall–Kier alpha value is -3.28. The molecule has 1 amide bonds. The predicted octanol–water partition coefficient (Wildman–Crippen LogP) is 4.19. The van der Waals surface area contributed by atoms with Crippen LogP contribution in [-0.4, -0.2) is 10.9 Å². The van der Waals surface area contributed by atoms with Crippen molar-refractivity contribution in [3.63, 3.8) is 0 Å². The van der Waals surface area contributed by atoms with Gasteiger partial charge in [0.2, 0.25) is 0 Å². The van der Waals surface area contributed by atoms with E-state index < -0.39 is 17.5 Å². The lowest BCUT2D eigenvalue weighted by atomic mass is 10.1. The zero-order chi connectivity index (χ0) is 17.6. The molecule has 3 aromatic rings. The SMILES string of the molecule is O=C(Nc1ccc(F)c(F)c1)c1ccccc1OCc1ccncc1. The zero-order valence-corrected chi connectivity index (χ0v) is 13.1. The number of carbonyl (C=O) groups is 1. The molecule has 0 spiro atoms. The van der Waals surface area contributed by atoms with Crippen molar-refractivity contribution in [2.75, 3.05) is 5.32 Å². The highest BCUT2D eigenvalue weighted by atomic mass is 19.2. The fourth-order valence-electron chi connectivity index (χ4n) is 2.19. The molecule has 1 aromatic heterocycles. The topological polar surface area (TPSA) is 51.2 Å². The van der Waals surface area contributed by atoms with Crippen LogP contribution in [0.2, 0.25) is 0 Å². The molecule has 0 aliphatic rings. The minimum Gasteiger partial charge on any atom is -0.488 e. The van der Waals surface area contributed by atoms with Crippen LogP contribution in [0.1, 0.15) is 15.9 Å². The third-order valence-electron chi connectivity index (χ3n) is 3.45. The van der Waals surface area contributed by atoms with Crippen molar-refractivity contribution in [3.8, 4) is 5.75 Å². The van der Waals surface area contributed by atoms with Gasteiger partial charge in [0.15, 0.2) is 11.6 Å². The van der Waals surface area contributed by atoms with E-state index in [1.807, 2.05) is 12.1 Å². The number of halogens is 2. The molecule has 126 valence electrons. The van der Waals surface area contributed by atoms with Crippen molar-refractivity contribution in [2.24, 2.45) is 0 Å². The second kappa shape index (κ2) is 7.53. The number of carbonyl (C=O) groups excluding carboxylic acids is 1. The maximum Gasteiger partial charge on any atom is 0.259 e. The molecule has 4 nitrogen and oxygen atoms in total. The van der Waals surface area contributed by atoms with Crippen LogP contribution in [0.4, 0.5) is 14.5 Å². The fourth-order valence-corrected chi connectivity index (χ4v) is 2.19. The molecular formula is C19H14F2N2O2. The number of hydrogen-bond acceptors (Lipinski definition) is 3. The Morgan fingerprint density at radius 1 is 1.00 bits per heavy atom. The predicted molar refractivity (Wildman–Crippen MR) is 89.3 cm³/mol. The molecular weight excluding hydrogens is 326 g/mol. The Labute approximate surface area is 143 Å². The number of nitrogens with zero attached hydrogens (tertiary/aromatic N) is 1. The smallest absolute Gasteiger partial charge is 0.259 e. The summed E-state index contributed by atoms with van der Waals surface area (Å²) in [6.45, 7) is 0.276. The van der Waals surface area contributed by atoms with Crippen LogP contribution in [0.3, 0.4) is 0 Å². The summed E-state index contributed by atoms with van der Waals surface area (Å²) in [5.41, 5.74) is 1.36. The standard InChI is InChI=1S/C19H14F2N2O2/c20-16-6-5-14(11-17(16)21)23-19(24)15-3-1-2-4-18(15)25-12-13-7-9-22-10-8-13/h1-11H,12H2,(H,23,24). The van der Waals surface area contributed by atoms with Gasteiger partial charge in [-0.1, -0.05) is 12.1 Å². The van der Waals surface area contributed by atoms with Crippen LogP contribution in [0, 0.1) is 11.6 Å².